The molecule has 0 spiro atoms. The summed E-state index contributed by atoms with van der Waals surface area (Å²) < 4.78 is 9.52. The lowest BCUT2D eigenvalue weighted by Crippen LogP contribution is -2.09. The molecular formula is C96H94N4. The first-order chi connectivity index (χ1) is 49.7. The Balaban J connectivity index is 0.000000131. The van der Waals surface area contributed by atoms with Gasteiger partial charge in [-0.15, -0.1) is 0 Å². The number of para-hydroxylation sites is 9. The molecule has 4 nitrogen and oxygen atoms in total. The Morgan fingerprint density at radius 1 is 0.210 bits per heavy atom. The molecule has 0 bridgehead atoms. The maximum Gasteiger partial charge on any atom is 0.0857 e. The third-order valence-electron chi connectivity index (χ3n) is 18.4. The molecule has 0 radical (unpaired) electrons. The van der Waals surface area contributed by atoms with Gasteiger partial charge >= 0.3 is 0 Å². The highest BCUT2D eigenvalue weighted by atomic mass is 15.0. The molecule has 4 aromatic heterocycles. The molecule has 1 aliphatic rings. The van der Waals surface area contributed by atoms with Crippen molar-refractivity contribution in [2.45, 2.75) is 89.1 Å². The molecule has 4 heteroatoms. The van der Waals surface area contributed by atoms with E-state index in [4.69, 9.17) is 0 Å². The number of hydrogen-bond acceptors (Lipinski definition) is 0. The molecule has 4 heterocycles. The minimum atomic E-state index is 0.215. The summed E-state index contributed by atoms with van der Waals surface area (Å²) in [6.45, 7) is 24.0. The summed E-state index contributed by atoms with van der Waals surface area (Å²) in [6, 6.07) is 118. The van der Waals surface area contributed by atoms with Gasteiger partial charge in [-0.3, -0.25) is 0 Å². The Kier molecular flexibility index (Phi) is 22.9. The molecule has 0 aliphatic heterocycles. The largest absolute Gasteiger partial charge is 0.344 e. The number of aryl methyl sites for hydroxylation is 1. The first-order valence-electron chi connectivity index (χ1n) is 36.4. The van der Waals surface area contributed by atoms with Crippen molar-refractivity contribution in [2.24, 2.45) is 7.05 Å². The van der Waals surface area contributed by atoms with Crippen molar-refractivity contribution in [3.05, 3.63) is 339 Å². The van der Waals surface area contributed by atoms with E-state index in [0.29, 0.717) is 0 Å². The van der Waals surface area contributed by atoms with E-state index < -0.39 is 0 Å². The van der Waals surface area contributed by atoms with E-state index in [2.05, 4.69) is 353 Å². The number of aromatic nitrogens is 4. The molecule has 0 unspecified atom stereocenters. The zero-order valence-electron chi connectivity index (χ0n) is 60.5. The van der Waals surface area contributed by atoms with Crippen LogP contribution in [0.1, 0.15) is 100 Å². The number of fused-ring (bicyclic) bond motifs is 15. The van der Waals surface area contributed by atoms with Gasteiger partial charge < -0.3 is 18.3 Å². The molecule has 498 valence electrons. The van der Waals surface area contributed by atoms with Crippen LogP contribution in [0.4, 0.5) is 0 Å². The average molecular weight is 1300 g/mol. The first kappa shape index (κ1) is 69.9. The smallest absolute Gasteiger partial charge is 0.0857 e. The summed E-state index contributed by atoms with van der Waals surface area (Å²) in [7, 11) is 2.12. The second-order valence-electron chi connectivity index (χ2n) is 23.1. The maximum absolute atomic E-state index is 2.52. The lowest BCUT2D eigenvalue weighted by Gasteiger charge is -2.19. The van der Waals surface area contributed by atoms with Crippen molar-refractivity contribution in [1.82, 2.24) is 18.3 Å². The molecule has 100 heavy (non-hydrogen) atoms. The Hall–Kier alpha value is -11.5. The van der Waals surface area contributed by atoms with E-state index in [-0.39, 0.29) is 6.04 Å². The minimum Gasteiger partial charge on any atom is -0.344 e. The van der Waals surface area contributed by atoms with E-state index in [1.807, 2.05) is 83.1 Å². The Labute approximate surface area is 591 Å². The van der Waals surface area contributed by atoms with Crippen molar-refractivity contribution in [3.8, 4) is 22.5 Å². The fraction of sp³-hybridized carbons (Fsp3) is 0.146. The molecule has 0 saturated carbocycles. The van der Waals surface area contributed by atoms with Crippen LogP contribution in [0.5, 0.6) is 0 Å². The standard InChI is InChI=1S/C28H17N.C25H17N.C18H13N.C13H11N.6C2H6/c1-3-10-24-21(8-1)22-9-2-4-11-25(22)29(24)26-17-15-20-13-12-18-6-5-7-19-14-16-23(26)28(20)27(18)19;1-3-13-21-17(9-1)18-10-2-4-14-22(18)25(21)26-23-15-7-5-11-19(23)20-12-6-8-16-24(20)26;1-2-8-14(9-3-1)19-17-12-6-4-10-15(17)16-11-5-7-13-18(16)19;1-14-12-8-4-2-6-10(12)11-7-3-5-9-13(11)14;6*1-2/h1-17H;1-16,25H;1-13H;2-9H,1H3;6*1-2H3. The van der Waals surface area contributed by atoms with E-state index in [1.165, 1.54) is 153 Å². The van der Waals surface area contributed by atoms with Crippen LogP contribution in [-0.2, 0) is 7.05 Å². The van der Waals surface area contributed by atoms with Crippen LogP contribution in [-0.4, -0.2) is 18.3 Å². The predicted molar refractivity (Wildman–Crippen MR) is 442 cm³/mol. The fourth-order valence-corrected chi connectivity index (χ4v) is 14.6. The van der Waals surface area contributed by atoms with Crippen LogP contribution in [0.3, 0.4) is 0 Å². The van der Waals surface area contributed by atoms with Gasteiger partial charge in [0.05, 0.1) is 33.8 Å². The van der Waals surface area contributed by atoms with Gasteiger partial charge in [-0.1, -0.05) is 344 Å². The third kappa shape index (κ3) is 12.7. The van der Waals surface area contributed by atoms with E-state index in [1.54, 1.807) is 0 Å². The van der Waals surface area contributed by atoms with Gasteiger partial charge in [0.1, 0.15) is 0 Å². The summed E-state index contributed by atoms with van der Waals surface area (Å²) in [4.78, 5) is 0. The molecule has 0 saturated heterocycles. The molecular weight excluding hydrogens is 1210 g/mol. The van der Waals surface area contributed by atoms with Crippen molar-refractivity contribution in [2.75, 3.05) is 0 Å². The molecule has 0 N–H and O–H groups in total. The van der Waals surface area contributed by atoms with Crippen LogP contribution in [0.2, 0.25) is 0 Å². The highest BCUT2D eigenvalue weighted by Crippen LogP contribution is 2.48. The summed E-state index contributed by atoms with van der Waals surface area (Å²) in [6.07, 6.45) is 0. The second kappa shape index (κ2) is 32.7. The van der Waals surface area contributed by atoms with Crippen LogP contribution in [0, 0.1) is 0 Å². The lowest BCUT2D eigenvalue weighted by atomic mass is 9.93. The van der Waals surface area contributed by atoms with Gasteiger partial charge in [-0.2, -0.15) is 0 Å². The van der Waals surface area contributed by atoms with Gasteiger partial charge in [0.25, 0.3) is 0 Å². The molecule has 0 atom stereocenters. The van der Waals surface area contributed by atoms with Gasteiger partial charge in [0.15, 0.2) is 0 Å². The normalized spacial score (nSPS) is 11.0. The number of hydrogen-bond donors (Lipinski definition) is 0. The number of nitrogens with zero attached hydrogens (tertiary/aromatic N) is 4. The van der Waals surface area contributed by atoms with Gasteiger partial charge in [0.2, 0.25) is 0 Å². The third-order valence-corrected chi connectivity index (χ3v) is 18.4. The number of benzene rings is 15. The summed E-state index contributed by atoms with van der Waals surface area (Å²) in [5, 5.41) is 18.5. The summed E-state index contributed by atoms with van der Waals surface area (Å²) >= 11 is 0. The zero-order valence-corrected chi connectivity index (χ0v) is 60.5. The fourth-order valence-electron chi connectivity index (χ4n) is 14.6. The summed E-state index contributed by atoms with van der Waals surface area (Å²) in [5.41, 5.74) is 18.2. The molecule has 0 amide bonds. The van der Waals surface area contributed by atoms with Gasteiger partial charge in [0, 0.05) is 83.3 Å². The second-order valence-corrected chi connectivity index (χ2v) is 23.1. The molecule has 15 aromatic carbocycles. The quantitative estimate of drug-likeness (QED) is 0.157. The zero-order chi connectivity index (χ0) is 70.2. The minimum absolute atomic E-state index is 0.215. The average Bonchev–Trinajstić information content (AvgIpc) is 1.07. The molecule has 1 aliphatic carbocycles. The number of rotatable bonds is 3. The van der Waals surface area contributed by atoms with Crippen LogP contribution < -0.4 is 0 Å². The molecule has 19 aromatic rings. The Morgan fingerprint density at radius 2 is 0.500 bits per heavy atom. The van der Waals surface area contributed by atoms with E-state index in [9.17, 15) is 0 Å². The SMILES string of the molecule is CC.CC.CC.CC.CC.CC.Cn1c2ccccc2c2ccccc21.c1cc2ccc3ccc(-n4c5ccccc5c5ccccc54)c4ccc(c1)c2c34.c1ccc(-n2c3ccccc3c3ccccc32)cc1.c1ccc2c(c1)-c1ccccc1C2n1c2ccccc2c2ccccc21. The Morgan fingerprint density at radius 3 is 0.910 bits per heavy atom. The maximum atomic E-state index is 2.52. The molecule has 20 rings (SSSR count). The topological polar surface area (TPSA) is 19.7 Å². The van der Waals surface area contributed by atoms with Crippen molar-refractivity contribution >= 4 is 120 Å². The van der Waals surface area contributed by atoms with E-state index >= 15 is 0 Å². The van der Waals surface area contributed by atoms with Crippen LogP contribution >= 0.6 is 0 Å². The summed E-state index contributed by atoms with van der Waals surface area (Å²) in [5.74, 6) is 0. The predicted octanol–water partition coefficient (Wildman–Crippen LogP) is 28.4. The highest BCUT2D eigenvalue weighted by molar-refractivity contribution is 6.25. The van der Waals surface area contributed by atoms with Crippen molar-refractivity contribution in [1.29, 1.82) is 0 Å². The monoisotopic (exact) mass is 1300 g/mol. The van der Waals surface area contributed by atoms with Crippen LogP contribution in [0.15, 0.2) is 328 Å². The van der Waals surface area contributed by atoms with Gasteiger partial charge in [-0.05, 0) is 116 Å². The van der Waals surface area contributed by atoms with E-state index in [0.717, 1.165) is 0 Å². The molecule has 0 fully saturated rings. The van der Waals surface area contributed by atoms with Gasteiger partial charge in [-0.25, -0.2) is 0 Å². The van der Waals surface area contributed by atoms with Crippen molar-refractivity contribution < 1.29 is 0 Å². The lowest BCUT2D eigenvalue weighted by molar-refractivity contribution is 0.746. The highest BCUT2D eigenvalue weighted by Gasteiger charge is 2.31. The van der Waals surface area contributed by atoms with Crippen molar-refractivity contribution in [3.63, 3.8) is 0 Å². The first-order valence-corrected chi connectivity index (χ1v) is 36.4. The Bertz CT molecular complexity index is 5580. The van der Waals surface area contributed by atoms with Crippen LogP contribution in [0.25, 0.3) is 142 Å².